The van der Waals surface area contributed by atoms with E-state index in [1.165, 1.54) is 23.4 Å². The van der Waals surface area contributed by atoms with Crippen LogP contribution in [0.5, 0.6) is 0 Å². The van der Waals surface area contributed by atoms with Gasteiger partial charge in [0, 0.05) is 29.2 Å². The summed E-state index contributed by atoms with van der Waals surface area (Å²) in [5.74, 6) is 0.824. The maximum atomic E-state index is 12.7. The molecule has 0 amide bonds. The molecule has 3 N–H and O–H groups in total. The molecule has 1 aromatic heterocycles. The van der Waals surface area contributed by atoms with Gasteiger partial charge in [-0.1, -0.05) is 0 Å². The second-order valence-electron chi connectivity index (χ2n) is 4.42. The van der Waals surface area contributed by atoms with Crippen molar-refractivity contribution in [2.45, 2.75) is 18.2 Å². The van der Waals surface area contributed by atoms with E-state index in [1.54, 1.807) is 11.8 Å². The van der Waals surface area contributed by atoms with Crippen molar-refractivity contribution in [1.82, 2.24) is 0 Å². The number of hydrogen-bond acceptors (Lipinski definition) is 3. The number of benzene rings is 1. The van der Waals surface area contributed by atoms with Crippen LogP contribution >= 0.6 is 19.6 Å². The van der Waals surface area contributed by atoms with Crippen molar-refractivity contribution in [3.05, 3.63) is 59.7 Å². The van der Waals surface area contributed by atoms with E-state index in [4.69, 9.17) is 19.2 Å². The molecule has 0 saturated heterocycles. The van der Waals surface area contributed by atoms with Gasteiger partial charge in [-0.15, -0.1) is 11.8 Å². The summed E-state index contributed by atoms with van der Waals surface area (Å²) in [6.45, 7) is 2.04. The molecule has 1 aromatic carbocycles. The van der Waals surface area contributed by atoms with Crippen molar-refractivity contribution in [2.24, 2.45) is 0 Å². The summed E-state index contributed by atoms with van der Waals surface area (Å²) in [6, 6.07) is 10.9. The van der Waals surface area contributed by atoms with Gasteiger partial charge in [0.25, 0.3) is 7.82 Å². The lowest BCUT2D eigenvalue weighted by atomic mass is 10.2. The number of halogens is 1. The lowest BCUT2D eigenvalue weighted by molar-refractivity contribution is -0.388. The van der Waals surface area contributed by atoms with Gasteiger partial charge in [-0.3, -0.25) is 4.57 Å². The monoisotopic (exact) mass is 345 g/mol. The van der Waals surface area contributed by atoms with Crippen molar-refractivity contribution in [2.75, 3.05) is 5.75 Å². The van der Waals surface area contributed by atoms with E-state index in [0.29, 0.717) is 0 Å². The predicted octanol–water partition coefficient (Wildman–Crippen LogP) is 1.72. The number of H-pyrrole nitrogens is 1. The molecule has 8 heteroatoms. The van der Waals surface area contributed by atoms with Gasteiger partial charge in [0.1, 0.15) is 5.82 Å². The summed E-state index contributed by atoms with van der Waals surface area (Å²) < 4.78 is 21.5. The fourth-order valence-corrected chi connectivity index (χ4v) is 2.41. The molecular formula is C14H17FNO4PS. The first-order chi connectivity index (χ1) is 10.2. The number of aromatic amines is 1. The quantitative estimate of drug-likeness (QED) is 0.650. The molecule has 120 valence electrons. The number of nitrogens with one attached hydrogen (secondary N) is 1. The minimum absolute atomic E-state index is 0.178. The standard InChI is InChI=1S/C14H14FNS.H3O4P/c1-11-2-3-12(10-16-11)8-9-17-14-6-4-13(15)5-7-14;1-5(2,3)4/h2-7,10H,8-9H2,1H3;(H3,1,2,3,4). The van der Waals surface area contributed by atoms with E-state index in [-0.39, 0.29) is 5.82 Å². The van der Waals surface area contributed by atoms with Crippen molar-refractivity contribution >= 4 is 19.6 Å². The maximum Gasteiger partial charge on any atom is 0.262 e. The van der Waals surface area contributed by atoms with E-state index < -0.39 is 7.82 Å². The fraction of sp³-hybridized carbons (Fsp3) is 0.214. The molecule has 0 spiro atoms. The van der Waals surface area contributed by atoms with E-state index in [2.05, 4.69) is 17.1 Å². The van der Waals surface area contributed by atoms with Gasteiger partial charge in [-0.25, -0.2) is 9.37 Å². The summed E-state index contributed by atoms with van der Waals surface area (Å²) in [5, 5.41) is 0. The molecular weight excluding hydrogens is 328 g/mol. The average molecular weight is 345 g/mol. The summed E-state index contributed by atoms with van der Waals surface area (Å²) >= 11 is 1.75. The van der Waals surface area contributed by atoms with Gasteiger partial charge in [0.15, 0.2) is 11.9 Å². The normalized spacial score (nSPS) is 10.8. The molecule has 0 aliphatic heterocycles. The second-order valence-corrected chi connectivity index (χ2v) is 6.57. The molecule has 0 atom stereocenters. The zero-order valence-electron chi connectivity index (χ0n) is 11.9. The van der Waals surface area contributed by atoms with Gasteiger partial charge in [0.05, 0.1) is 0 Å². The Morgan fingerprint density at radius 3 is 2.32 bits per heavy atom. The van der Waals surface area contributed by atoms with Gasteiger partial charge in [-0.05, 0) is 36.8 Å². The molecule has 0 saturated carbocycles. The summed E-state index contributed by atoms with van der Waals surface area (Å²) in [6.07, 6.45) is 3.05. The Balaban J connectivity index is 0.000000422. The van der Waals surface area contributed by atoms with E-state index in [0.717, 1.165) is 17.1 Å². The third-order valence-corrected chi connectivity index (χ3v) is 3.52. The van der Waals surface area contributed by atoms with Crippen LogP contribution in [0.25, 0.3) is 0 Å². The Morgan fingerprint density at radius 1 is 1.23 bits per heavy atom. The highest BCUT2D eigenvalue weighted by Gasteiger charge is 1.99. The van der Waals surface area contributed by atoms with E-state index in [1.807, 2.05) is 25.3 Å². The third-order valence-electron chi connectivity index (χ3n) is 2.51. The molecule has 0 unspecified atom stereocenters. The van der Waals surface area contributed by atoms with Crippen LogP contribution in [0.3, 0.4) is 0 Å². The zero-order valence-corrected chi connectivity index (χ0v) is 13.6. The number of aryl methyl sites for hydroxylation is 2. The van der Waals surface area contributed by atoms with Crippen molar-refractivity contribution in [3.63, 3.8) is 0 Å². The Bertz CT molecular complexity index is 562. The van der Waals surface area contributed by atoms with Crippen LogP contribution in [-0.4, -0.2) is 15.5 Å². The SMILES string of the molecule is Cc1ccc(CCSc2ccc(F)cc2)c[nH+]1.O=P([O-])(O)O. The van der Waals surface area contributed by atoms with Crippen LogP contribution < -0.4 is 9.88 Å². The van der Waals surface area contributed by atoms with Crippen LogP contribution in [0.2, 0.25) is 0 Å². The number of aromatic nitrogens is 1. The van der Waals surface area contributed by atoms with Crippen molar-refractivity contribution in [1.29, 1.82) is 0 Å². The van der Waals surface area contributed by atoms with Crippen LogP contribution in [0.4, 0.5) is 4.39 Å². The Kier molecular flexibility index (Phi) is 7.72. The molecule has 0 aliphatic rings. The molecule has 5 nitrogen and oxygen atoms in total. The van der Waals surface area contributed by atoms with Gasteiger partial charge < -0.3 is 14.7 Å². The average Bonchev–Trinajstić information content (AvgIpc) is 2.41. The number of pyridine rings is 1. The van der Waals surface area contributed by atoms with Gasteiger partial charge in [0.2, 0.25) is 0 Å². The minimum atomic E-state index is -4.89. The number of hydrogen-bond donors (Lipinski definition) is 2. The van der Waals surface area contributed by atoms with Gasteiger partial charge in [-0.2, -0.15) is 0 Å². The van der Waals surface area contributed by atoms with Crippen LogP contribution in [0.1, 0.15) is 11.3 Å². The fourth-order valence-electron chi connectivity index (χ4n) is 1.51. The van der Waals surface area contributed by atoms with Gasteiger partial charge >= 0.3 is 0 Å². The first-order valence-corrected chi connectivity index (χ1v) is 8.88. The Hall–Kier alpha value is -1.24. The summed E-state index contributed by atoms with van der Waals surface area (Å²) in [5.41, 5.74) is 2.46. The molecule has 0 fully saturated rings. The lowest BCUT2D eigenvalue weighted by Crippen LogP contribution is -2.07. The molecule has 22 heavy (non-hydrogen) atoms. The van der Waals surface area contributed by atoms with E-state index >= 15 is 0 Å². The maximum absolute atomic E-state index is 12.7. The summed E-state index contributed by atoms with van der Waals surface area (Å²) in [7, 11) is -4.89. The molecule has 2 aromatic rings. The Morgan fingerprint density at radius 2 is 1.82 bits per heavy atom. The molecule has 0 aliphatic carbocycles. The van der Waals surface area contributed by atoms with E-state index in [9.17, 15) is 4.39 Å². The van der Waals surface area contributed by atoms with Crippen molar-refractivity contribution < 1.29 is 28.6 Å². The number of thioether (sulfide) groups is 1. The second kappa shape index (κ2) is 9.02. The highest BCUT2D eigenvalue weighted by molar-refractivity contribution is 7.99. The predicted molar refractivity (Wildman–Crippen MR) is 80.6 cm³/mol. The molecule has 1 heterocycles. The highest BCUT2D eigenvalue weighted by Crippen LogP contribution is 2.19. The number of phosphoric acid groups is 1. The molecule has 0 bridgehead atoms. The van der Waals surface area contributed by atoms with Crippen LogP contribution in [0, 0.1) is 12.7 Å². The summed E-state index contributed by atoms with van der Waals surface area (Å²) in [4.78, 5) is 27.2. The topological polar surface area (TPSA) is 94.7 Å². The first kappa shape index (κ1) is 18.8. The van der Waals surface area contributed by atoms with Crippen LogP contribution in [0.15, 0.2) is 47.5 Å². The Labute approximate surface area is 132 Å². The smallest absolute Gasteiger partial charge is 0.262 e. The minimum Gasteiger partial charge on any atom is -0.756 e. The molecule has 2 rings (SSSR count). The largest absolute Gasteiger partial charge is 0.756 e. The molecule has 0 radical (unpaired) electrons. The lowest BCUT2D eigenvalue weighted by Gasteiger charge is -2.01. The first-order valence-electron chi connectivity index (χ1n) is 6.36. The third kappa shape index (κ3) is 9.65. The number of rotatable bonds is 4. The van der Waals surface area contributed by atoms with Crippen molar-refractivity contribution in [3.8, 4) is 0 Å². The van der Waals surface area contributed by atoms with Crippen LogP contribution in [-0.2, 0) is 11.0 Å². The highest BCUT2D eigenvalue weighted by atomic mass is 32.2. The zero-order chi connectivity index (χ0) is 16.6.